The molecule has 1 aromatic carbocycles. The molecular weight excluding hydrogens is 436 g/mol. The van der Waals surface area contributed by atoms with Gasteiger partial charge in [-0.05, 0) is 25.1 Å². The van der Waals surface area contributed by atoms with Crippen molar-refractivity contribution in [1.29, 1.82) is 0 Å². The summed E-state index contributed by atoms with van der Waals surface area (Å²) in [5.41, 5.74) is -3.91. The molecule has 0 spiro atoms. The first kappa shape index (κ1) is 22.0. The normalized spacial score (nSPS) is 13.1. The van der Waals surface area contributed by atoms with Gasteiger partial charge in [-0.1, -0.05) is 0 Å². The van der Waals surface area contributed by atoms with E-state index < -0.39 is 47.0 Å². The van der Waals surface area contributed by atoms with Crippen molar-refractivity contribution in [3.63, 3.8) is 0 Å². The molecule has 3 aromatic rings. The van der Waals surface area contributed by atoms with E-state index in [4.69, 9.17) is 4.74 Å². The number of halogens is 6. The van der Waals surface area contributed by atoms with E-state index in [0.29, 0.717) is 0 Å². The number of nitrogens with zero attached hydrogens (tertiary/aromatic N) is 3. The number of anilines is 1. The van der Waals surface area contributed by atoms with E-state index in [1.807, 2.05) is 0 Å². The number of esters is 1. The fourth-order valence-corrected chi connectivity index (χ4v) is 2.43. The summed E-state index contributed by atoms with van der Waals surface area (Å²) in [6.07, 6.45) is -9.48. The number of aromatic nitrogens is 4. The van der Waals surface area contributed by atoms with Gasteiger partial charge in [0.1, 0.15) is 11.8 Å². The van der Waals surface area contributed by atoms with E-state index in [1.54, 1.807) is 0 Å². The maximum absolute atomic E-state index is 12.9. The van der Waals surface area contributed by atoms with Crippen LogP contribution in [-0.2, 0) is 21.9 Å². The fourth-order valence-electron chi connectivity index (χ4n) is 2.43. The highest BCUT2D eigenvalue weighted by Gasteiger charge is 2.38. The Kier molecular flexibility index (Phi) is 5.57. The molecular formula is C17H11F6N5O3. The Balaban J connectivity index is 1.80. The van der Waals surface area contributed by atoms with Crippen LogP contribution in [0.3, 0.4) is 0 Å². The fraction of sp³-hybridized carbons (Fsp3) is 0.235. The van der Waals surface area contributed by atoms with Crippen molar-refractivity contribution in [2.24, 2.45) is 0 Å². The number of alkyl halides is 6. The van der Waals surface area contributed by atoms with Crippen molar-refractivity contribution in [2.75, 3.05) is 5.32 Å². The van der Waals surface area contributed by atoms with Gasteiger partial charge in [-0.25, -0.2) is 19.7 Å². The van der Waals surface area contributed by atoms with Gasteiger partial charge in [-0.15, -0.1) is 0 Å². The molecule has 31 heavy (non-hydrogen) atoms. The summed E-state index contributed by atoms with van der Waals surface area (Å²) >= 11 is 0. The van der Waals surface area contributed by atoms with Gasteiger partial charge in [0.15, 0.2) is 17.6 Å². The first-order valence-corrected chi connectivity index (χ1v) is 8.31. The number of hydrogen-bond acceptors (Lipinski definition) is 6. The van der Waals surface area contributed by atoms with Crippen molar-refractivity contribution in [1.82, 2.24) is 19.9 Å². The number of hydrogen-bond donors (Lipinski definition) is 2. The lowest BCUT2D eigenvalue weighted by molar-refractivity contribution is -0.143. The van der Waals surface area contributed by atoms with E-state index in [9.17, 15) is 35.9 Å². The lowest BCUT2D eigenvalue weighted by Gasteiger charge is -2.16. The summed E-state index contributed by atoms with van der Waals surface area (Å²) in [5, 5.41) is 2.30. The number of aromatic amines is 1. The molecule has 0 saturated carbocycles. The molecule has 0 aliphatic rings. The summed E-state index contributed by atoms with van der Waals surface area (Å²) in [6, 6.07) is 0.291. The minimum atomic E-state index is -5.14. The summed E-state index contributed by atoms with van der Waals surface area (Å²) in [6.45, 7) is 1.08. The smallest absolute Gasteiger partial charge is 0.416 e. The maximum Gasteiger partial charge on any atom is 0.416 e. The summed E-state index contributed by atoms with van der Waals surface area (Å²) < 4.78 is 82.3. The molecule has 0 bridgehead atoms. The van der Waals surface area contributed by atoms with Gasteiger partial charge < -0.3 is 15.0 Å². The summed E-state index contributed by atoms with van der Waals surface area (Å²) in [5.74, 6) is -2.51. The molecule has 0 saturated heterocycles. The van der Waals surface area contributed by atoms with Gasteiger partial charge >= 0.3 is 18.3 Å². The Bertz CT molecular complexity index is 1110. The number of rotatable bonds is 4. The molecule has 0 radical (unpaired) electrons. The monoisotopic (exact) mass is 447 g/mol. The lowest BCUT2D eigenvalue weighted by Crippen LogP contribution is -2.30. The lowest BCUT2D eigenvalue weighted by atomic mass is 10.0. The number of fused-ring (bicyclic) bond motifs is 1. The first-order valence-electron chi connectivity index (χ1n) is 8.31. The molecule has 1 unspecified atom stereocenters. The Morgan fingerprint density at radius 3 is 2.19 bits per heavy atom. The molecule has 2 aromatic heterocycles. The topological polar surface area (TPSA) is 110 Å². The van der Waals surface area contributed by atoms with Crippen LogP contribution >= 0.6 is 0 Å². The van der Waals surface area contributed by atoms with Gasteiger partial charge in [0.2, 0.25) is 0 Å². The van der Waals surface area contributed by atoms with Crippen LogP contribution < -0.4 is 5.32 Å². The van der Waals surface area contributed by atoms with Crippen molar-refractivity contribution in [3.8, 4) is 0 Å². The average molecular weight is 447 g/mol. The van der Waals surface area contributed by atoms with Crippen molar-refractivity contribution in [3.05, 3.63) is 47.5 Å². The van der Waals surface area contributed by atoms with Gasteiger partial charge in [-0.2, -0.15) is 26.3 Å². The highest BCUT2D eigenvalue weighted by Crippen LogP contribution is 2.36. The number of nitrogens with one attached hydrogen (secondary N) is 2. The van der Waals surface area contributed by atoms with Crippen LogP contribution in [-0.4, -0.2) is 37.9 Å². The zero-order valence-electron chi connectivity index (χ0n) is 15.3. The number of ether oxygens (including phenoxy) is 1. The van der Waals surface area contributed by atoms with E-state index in [0.717, 1.165) is 13.3 Å². The zero-order valence-corrected chi connectivity index (χ0v) is 15.3. The number of carbonyl (C=O) groups excluding carboxylic acids is 2. The molecule has 8 nitrogen and oxygen atoms in total. The van der Waals surface area contributed by atoms with Crippen LogP contribution in [0.25, 0.3) is 11.2 Å². The second-order valence-corrected chi connectivity index (χ2v) is 6.15. The predicted octanol–water partition coefficient (Wildman–Crippen LogP) is 3.57. The average Bonchev–Trinajstić information content (AvgIpc) is 3.16. The van der Waals surface area contributed by atoms with Crippen LogP contribution in [0.5, 0.6) is 0 Å². The Morgan fingerprint density at radius 1 is 1.00 bits per heavy atom. The van der Waals surface area contributed by atoms with E-state index in [1.165, 1.54) is 6.33 Å². The second-order valence-electron chi connectivity index (χ2n) is 6.15. The molecule has 3 rings (SSSR count). The summed E-state index contributed by atoms with van der Waals surface area (Å²) in [4.78, 5) is 38.6. The number of imidazole rings is 1. The quantitative estimate of drug-likeness (QED) is 0.468. The molecule has 1 amide bonds. The SMILES string of the molecule is CC(OC(=O)c1cc(C(F)(F)F)cc(C(F)(F)F)c1)C(=O)Nc1ncnc2nc[nH]c12. The van der Waals surface area contributed by atoms with Gasteiger partial charge in [0.25, 0.3) is 5.91 Å². The van der Waals surface area contributed by atoms with E-state index in [-0.39, 0.29) is 35.2 Å². The van der Waals surface area contributed by atoms with Gasteiger partial charge in [0, 0.05) is 0 Å². The van der Waals surface area contributed by atoms with Crippen molar-refractivity contribution < 1.29 is 40.7 Å². The van der Waals surface area contributed by atoms with Gasteiger partial charge in [-0.3, -0.25) is 4.79 Å². The zero-order chi connectivity index (χ0) is 23.0. The molecule has 0 aliphatic heterocycles. The standard InChI is InChI=1S/C17H11F6N5O3/c1-7(14(29)28-13-11-12(25-5-24-11)26-6-27-13)31-15(30)8-2-9(16(18,19)20)4-10(3-8)17(21,22)23/h2-7H,1H3,(H2,24,25,26,27,28,29). The van der Waals surface area contributed by atoms with E-state index >= 15 is 0 Å². The maximum atomic E-state index is 12.9. The summed E-state index contributed by atoms with van der Waals surface area (Å²) in [7, 11) is 0. The molecule has 14 heteroatoms. The van der Waals surface area contributed by atoms with E-state index in [2.05, 4.69) is 25.3 Å². The van der Waals surface area contributed by atoms with Crippen LogP contribution in [0.1, 0.15) is 28.4 Å². The number of carbonyl (C=O) groups is 2. The third-order valence-electron chi connectivity index (χ3n) is 3.94. The molecule has 0 fully saturated rings. The third kappa shape index (κ3) is 4.90. The Labute approximate surface area is 168 Å². The third-order valence-corrected chi connectivity index (χ3v) is 3.94. The van der Waals surface area contributed by atoms with Crippen molar-refractivity contribution >= 4 is 28.9 Å². The van der Waals surface area contributed by atoms with Crippen molar-refractivity contribution in [2.45, 2.75) is 25.4 Å². The number of amides is 1. The molecule has 164 valence electrons. The number of benzene rings is 1. The van der Waals surface area contributed by atoms with Crippen LogP contribution in [0.4, 0.5) is 32.2 Å². The molecule has 1 atom stereocenters. The van der Waals surface area contributed by atoms with Crippen LogP contribution in [0.2, 0.25) is 0 Å². The first-order chi connectivity index (χ1) is 14.4. The predicted molar refractivity (Wildman–Crippen MR) is 91.6 cm³/mol. The minimum Gasteiger partial charge on any atom is -0.449 e. The van der Waals surface area contributed by atoms with Crippen LogP contribution in [0.15, 0.2) is 30.9 Å². The van der Waals surface area contributed by atoms with Gasteiger partial charge in [0.05, 0.1) is 23.0 Å². The van der Waals surface area contributed by atoms with Crippen LogP contribution in [0, 0.1) is 0 Å². The molecule has 2 N–H and O–H groups in total. The molecule has 0 aliphatic carbocycles. The second kappa shape index (κ2) is 7.85. The minimum absolute atomic E-state index is 0.0196. The highest BCUT2D eigenvalue weighted by molar-refractivity contribution is 6.00. The Morgan fingerprint density at radius 2 is 1.61 bits per heavy atom. The number of H-pyrrole nitrogens is 1. The molecule has 2 heterocycles. The Hall–Kier alpha value is -3.71. The largest absolute Gasteiger partial charge is 0.449 e. The highest BCUT2D eigenvalue weighted by atomic mass is 19.4.